The Kier molecular flexibility index (Phi) is 12.6. The second-order valence-corrected chi connectivity index (χ2v) is 15.1. The molecule has 0 fully saturated rings. The Labute approximate surface area is 377 Å². The number of hydrogen-bond donors (Lipinski definition) is 0. The molecule has 0 aliphatic carbocycles. The molecule has 6 nitrogen and oxygen atoms in total. The molecule has 0 spiro atoms. The van der Waals surface area contributed by atoms with Crippen molar-refractivity contribution in [3.05, 3.63) is 243 Å². The first kappa shape index (κ1) is 41.1. The zero-order chi connectivity index (χ0) is 43.5. The third-order valence-electron chi connectivity index (χ3n) is 10.9. The van der Waals surface area contributed by atoms with Gasteiger partial charge in [0.25, 0.3) is 0 Å². The molecule has 0 saturated heterocycles. The van der Waals surface area contributed by atoms with E-state index >= 15 is 0 Å². The maximum Gasteiger partial charge on any atom is 0.121 e. The molecule has 64 heavy (non-hydrogen) atoms. The zero-order valence-electron chi connectivity index (χ0n) is 36.1. The minimum atomic E-state index is 0.608. The molecule has 0 bridgehead atoms. The topological polar surface area (TPSA) is 31.4 Å². The lowest BCUT2D eigenvalue weighted by Gasteiger charge is -2.30. The van der Waals surface area contributed by atoms with Crippen molar-refractivity contribution in [2.24, 2.45) is 0 Å². The summed E-state index contributed by atoms with van der Waals surface area (Å²) in [7, 11) is 0. The van der Waals surface area contributed by atoms with Gasteiger partial charge in [0.2, 0.25) is 0 Å². The normalized spacial score (nSPS) is 10.8. The number of rotatable bonds is 16. The Hall–Kier alpha value is -8.22. The van der Waals surface area contributed by atoms with Crippen molar-refractivity contribution in [2.45, 2.75) is 13.8 Å². The SMILES string of the molecule is CCOc1cccc(N(c2ccccc2)c2ccc(N(c3ccccc3)c3ccc(N(c4ccccc4)c4ccc(N(c5ccccc5)c5cccc(OCC)c5)cc4)cc3)cc2)c1. The number of para-hydroxylation sites is 4. The van der Waals surface area contributed by atoms with E-state index in [-0.39, 0.29) is 0 Å². The molecule has 0 aliphatic heterocycles. The van der Waals surface area contributed by atoms with Gasteiger partial charge in [0, 0.05) is 80.4 Å². The summed E-state index contributed by atoms with van der Waals surface area (Å²) in [6, 6.07) is 84.9. The van der Waals surface area contributed by atoms with Gasteiger partial charge in [0.05, 0.1) is 13.2 Å². The Morgan fingerprint density at radius 1 is 0.234 bits per heavy atom. The number of nitrogens with zero attached hydrogens (tertiary/aromatic N) is 4. The minimum Gasteiger partial charge on any atom is -0.494 e. The largest absolute Gasteiger partial charge is 0.494 e. The lowest BCUT2D eigenvalue weighted by atomic mass is 10.1. The summed E-state index contributed by atoms with van der Waals surface area (Å²) in [6.45, 7) is 5.24. The van der Waals surface area contributed by atoms with Gasteiger partial charge in [-0.25, -0.2) is 0 Å². The first-order valence-corrected chi connectivity index (χ1v) is 21.8. The van der Waals surface area contributed by atoms with E-state index in [2.05, 4.69) is 226 Å². The highest BCUT2D eigenvalue weighted by Crippen LogP contribution is 2.43. The van der Waals surface area contributed by atoms with Crippen LogP contribution in [0.15, 0.2) is 243 Å². The summed E-state index contributed by atoms with van der Waals surface area (Å²) in [4.78, 5) is 9.13. The maximum absolute atomic E-state index is 5.90. The molecular weight excluding hydrogens is 785 g/mol. The van der Waals surface area contributed by atoms with Gasteiger partial charge >= 0.3 is 0 Å². The smallest absolute Gasteiger partial charge is 0.121 e. The molecular formula is C58H50N4O2. The monoisotopic (exact) mass is 834 g/mol. The summed E-state index contributed by atoms with van der Waals surface area (Å²) < 4.78 is 11.8. The quantitative estimate of drug-likeness (QED) is 0.0964. The van der Waals surface area contributed by atoms with Crippen molar-refractivity contribution in [3.63, 3.8) is 0 Å². The Bertz CT molecular complexity index is 2640. The predicted octanol–water partition coefficient (Wildman–Crippen LogP) is 16.4. The molecule has 0 amide bonds. The van der Waals surface area contributed by atoms with Crippen molar-refractivity contribution in [1.82, 2.24) is 0 Å². The molecule has 0 aliphatic rings. The fraction of sp³-hybridized carbons (Fsp3) is 0.0690. The van der Waals surface area contributed by atoms with Crippen LogP contribution in [0, 0.1) is 0 Å². The molecule has 9 aromatic carbocycles. The summed E-state index contributed by atoms with van der Waals surface area (Å²) in [5.41, 5.74) is 12.6. The van der Waals surface area contributed by atoms with E-state index in [0.717, 1.165) is 79.7 Å². The summed E-state index contributed by atoms with van der Waals surface area (Å²) in [5, 5.41) is 0. The molecule has 314 valence electrons. The van der Waals surface area contributed by atoms with Crippen LogP contribution in [0.4, 0.5) is 68.2 Å². The number of benzene rings is 9. The van der Waals surface area contributed by atoms with E-state index in [1.807, 2.05) is 50.2 Å². The fourth-order valence-electron chi connectivity index (χ4n) is 8.11. The van der Waals surface area contributed by atoms with Gasteiger partial charge in [-0.05, 0) is 159 Å². The first-order valence-electron chi connectivity index (χ1n) is 21.8. The van der Waals surface area contributed by atoms with Gasteiger partial charge in [0.1, 0.15) is 11.5 Å². The second-order valence-electron chi connectivity index (χ2n) is 15.1. The minimum absolute atomic E-state index is 0.608. The Morgan fingerprint density at radius 2 is 0.438 bits per heavy atom. The van der Waals surface area contributed by atoms with Gasteiger partial charge in [0.15, 0.2) is 0 Å². The first-order chi connectivity index (χ1) is 31.7. The van der Waals surface area contributed by atoms with Crippen LogP contribution in [0.3, 0.4) is 0 Å². The number of hydrogen-bond acceptors (Lipinski definition) is 6. The Balaban J connectivity index is 1.06. The van der Waals surface area contributed by atoms with Gasteiger partial charge in [-0.15, -0.1) is 0 Å². The van der Waals surface area contributed by atoms with Crippen LogP contribution in [0.5, 0.6) is 11.5 Å². The van der Waals surface area contributed by atoms with Crippen molar-refractivity contribution in [3.8, 4) is 11.5 Å². The van der Waals surface area contributed by atoms with Crippen LogP contribution in [0.25, 0.3) is 0 Å². The van der Waals surface area contributed by atoms with Gasteiger partial charge in [-0.2, -0.15) is 0 Å². The van der Waals surface area contributed by atoms with E-state index < -0.39 is 0 Å². The highest BCUT2D eigenvalue weighted by Gasteiger charge is 2.19. The van der Waals surface area contributed by atoms with Crippen LogP contribution in [0.2, 0.25) is 0 Å². The van der Waals surface area contributed by atoms with Crippen LogP contribution >= 0.6 is 0 Å². The standard InChI is InChI=1S/C58H50N4O2/c1-3-63-57-29-17-27-55(43-57)61(47-23-13-7-14-24-47)53-39-35-51(36-40-53)59(45-19-9-5-10-20-45)49-31-33-50(34-32-49)60(46-21-11-6-12-22-46)52-37-41-54(42-38-52)62(48-25-15-8-16-26-48)56-28-18-30-58(44-56)64-4-2/h5-44H,3-4H2,1-2H3. The molecule has 0 aromatic heterocycles. The molecule has 0 saturated carbocycles. The van der Waals surface area contributed by atoms with Crippen molar-refractivity contribution in [2.75, 3.05) is 32.8 Å². The maximum atomic E-state index is 5.90. The highest BCUT2D eigenvalue weighted by atomic mass is 16.5. The number of ether oxygens (including phenoxy) is 2. The van der Waals surface area contributed by atoms with E-state index in [4.69, 9.17) is 9.47 Å². The van der Waals surface area contributed by atoms with Crippen LogP contribution in [0.1, 0.15) is 13.8 Å². The fourth-order valence-corrected chi connectivity index (χ4v) is 8.11. The average Bonchev–Trinajstić information content (AvgIpc) is 3.35. The van der Waals surface area contributed by atoms with E-state index in [9.17, 15) is 0 Å². The second kappa shape index (κ2) is 19.7. The number of anilines is 12. The van der Waals surface area contributed by atoms with Crippen molar-refractivity contribution >= 4 is 68.2 Å². The van der Waals surface area contributed by atoms with Crippen molar-refractivity contribution < 1.29 is 9.47 Å². The summed E-state index contributed by atoms with van der Waals surface area (Å²) in [6.07, 6.45) is 0. The summed E-state index contributed by atoms with van der Waals surface area (Å²) >= 11 is 0. The van der Waals surface area contributed by atoms with Crippen LogP contribution in [-0.4, -0.2) is 13.2 Å². The van der Waals surface area contributed by atoms with Crippen LogP contribution < -0.4 is 29.1 Å². The third-order valence-corrected chi connectivity index (χ3v) is 10.9. The van der Waals surface area contributed by atoms with Crippen LogP contribution in [-0.2, 0) is 0 Å². The highest BCUT2D eigenvalue weighted by molar-refractivity contribution is 5.85. The third kappa shape index (κ3) is 9.18. The van der Waals surface area contributed by atoms with E-state index in [0.29, 0.717) is 13.2 Å². The molecule has 0 N–H and O–H groups in total. The average molecular weight is 835 g/mol. The predicted molar refractivity (Wildman–Crippen MR) is 268 cm³/mol. The molecule has 9 aromatic rings. The Morgan fingerprint density at radius 3 is 0.672 bits per heavy atom. The summed E-state index contributed by atoms with van der Waals surface area (Å²) in [5.74, 6) is 1.68. The molecule has 9 rings (SSSR count). The van der Waals surface area contributed by atoms with Crippen molar-refractivity contribution in [1.29, 1.82) is 0 Å². The molecule has 6 heteroatoms. The lowest BCUT2D eigenvalue weighted by Crippen LogP contribution is -2.13. The van der Waals surface area contributed by atoms with Gasteiger partial charge in [-0.1, -0.05) is 84.9 Å². The van der Waals surface area contributed by atoms with Gasteiger partial charge < -0.3 is 29.1 Å². The molecule has 0 heterocycles. The lowest BCUT2D eigenvalue weighted by molar-refractivity contribution is 0.340. The van der Waals surface area contributed by atoms with E-state index in [1.54, 1.807) is 0 Å². The van der Waals surface area contributed by atoms with E-state index in [1.165, 1.54) is 0 Å². The molecule has 0 atom stereocenters. The zero-order valence-corrected chi connectivity index (χ0v) is 36.1. The molecule has 0 radical (unpaired) electrons. The van der Waals surface area contributed by atoms with Gasteiger partial charge in [-0.3, -0.25) is 0 Å². The molecule has 0 unspecified atom stereocenters.